The highest BCUT2D eigenvalue weighted by atomic mass is 32.2. The number of nitrogen functional groups attached to an aromatic ring is 1. The Morgan fingerprint density at radius 2 is 2.24 bits per heavy atom. The van der Waals surface area contributed by atoms with Crippen molar-refractivity contribution in [2.45, 2.75) is 10.9 Å². The summed E-state index contributed by atoms with van der Waals surface area (Å²) < 4.78 is 11.8. The van der Waals surface area contributed by atoms with E-state index in [0.29, 0.717) is 28.4 Å². The molecule has 0 fully saturated rings. The Balaban J connectivity index is 1.76. The maximum absolute atomic E-state index is 5.63. The van der Waals surface area contributed by atoms with Crippen molar-refractivity contribution < 1.29 is 9.26 Å². The number of para-hydroxylation sites is 1. The Bertz CT molecular complexity index is 741. The fourth-order valence-corrected chi connectivity index (χ4v) is 2.38. The number of ether oxygens (including phenoxy) is 1. The molecule has 8 nitrogen and oxygen atoms in total. The van der Waals surface area contributed by atoms with Gasteiger partial charge in [-0.15, -0.1) is 10.2 Å². The smallest absolute Gasteiger partial charge is 0.237 e. The van der Waals surface area contributed by atoms with Crippen molar-refractivity contribution >= 4 is 11.8 Å². The lowest BCUT2D eigenvalue weighted by Gasteiger charge is -2.02. The number of benzene rings is 1. The van der Waals surface area contributed by atoms with Crippen LogP contribution in [0.4, 0.5) is 0 Å². The Morgan fingerprint density at radius 3 is 3.00 bits per heavy atom. The van der Waals surface area contributed by atoms with Crippen molar-refractivity contribution in [1.82, 2.24) is 25.0 Å². The van der Waals surface area contributed by atoms with E-state index in [1.165, 1.54) is 22.8 Å². The number of aromatic nitrogens is 5. The lowest BCUT2D eigenvalue weighted by molar-refractivity contribution is 0.390. The number of hydrogen-bond acceptors (Lipinski definition) is 8. The predicted octanol–water partition coefficient (Wildman–Crippen LogP) is 1.34. The number of methoxy groups -OCH3 is 1. The number of rotatable bonds is 5. The molecule has 0 aliphatic carbocycles. The maximum atomic E-state index is 5.63. The van der Waals surface area contributed by atoms with Crippen LogP contribution in [0.5, 0.6) is 5.75 Å². The fraction of sp³-hybridized carbons (Fsp3) is 0.167. The zero-order valence-corrected chi connectivity index (χ0v) is 11.9. The van der Waals surface area contributed by atoms with E-state index in [4.69, 9.17) is 15.1 Å². The summed E-state index contributed by atoms with van der Waals surface area (Å²) in [5.74, 6) is 7.74. The maximum Gasteiger partial charge on any atom is 0.237 e. The van der Waals surface area contributed by atoms with E-state index in [1.54, 1.807) is 7.11 Å². The third-order valence-corrected chi connectivity index (χ3v) is 3.62. The van der Waals surface area contributed by atoms with Crippen LogP contribution in [0.3, 0.4) is 0 Å². The van der Waals surface area contributed by atoms with Crippen LogP contribution in [-0.2, 0) is 5.75 Å². The molecule has 3 aromatic rings. The van der Waals surface area contributed by atoms with Gasteiger partial charge in [0, 0.05) is 0 Å². The molecule has 2 aromatic heterocycles. The first-order valence-electron chi connectivity index (χ1n) is 6.02. The van der Waals surface area contributed by atoms with Gasteiger partial charge in [-0.2, -0.15) is 4.98 Å². The van der Waals surface area contributed by atoms with Gasteiger partial charge in [0.15, 0.2) is 0 Å². The van der Waals surface area contributed by atoms with E-state index < -0.39 is 0 Å². The van der Waals surface area contributed by atoms with Gasteiger partial charge in [-0.1, -0.05) is 29.1 Å². The summed E-state index contributed by atoms with van der Waals surface area (Å²) in [7, 11) is 1.60. The van der Waals surface area contributed by atoms with Crippen molar-refractivity contribution in [2.24, 2.45) is 0 Å². The number of thioether (sulfide) groups is 1. The normalized spacial score (nSPS) is 10.7. The molecule has 0 unspecified atom stereocenters. The van der Waals surface area contributed by atoms with Crippen LogP contribution in [0.1, 0.15) is 5.89 Å². The minimum atomic E-state index is 0.456. The fourth-order valence-electron chi connectivity index (χ4n) is 1.71. The van der Waals surface area contributed by atoms with E-state index in [-0.39, 0.29) is 0 Å². The summed E-state index contributed by atoms with van der Waals surface area (Å²) in [5, 5.41) is 12.1. The van der Waals surface area contributed by atoms with Crippen LogP contribution >= 0.6 is 11.8 Å². The second-order valence-electron chi connectivity index (χ2n) is 4.02. The topological polar surface area (TPSA) is 105 Å². The summed E-state index contributed by atoms with van der Waals surface area (Å²) in [4.78, 5) is 4.34. The van der Waals surface area contributed by atoms with Gasteiger partial charge in [-0.25, -0.2) is 4.68 Å². The second kappa shape index (κ2) is 5.83. The standard InChI is InChI=1S/C12H12N6O2S/c1-19-9-5-3-2-4-8(9)11-15-10(20-17-11)6-21-12-16-14-7-18(12)13/h2-5,7H,6,13H2,1H3. The third kappa shape index (κ3) is 2.82. The average molecular weight is 304 g/mol. The summed E-state index contributed by atoms with van der Waals surface area (Å²) >= 11 is 1.36. The van der Waals surface area contributed by atoms with Gasteiger partial charge in [0.25, 0.3) is 0 Å². The predicted molar refractivity (Wildman–Crippen MR) is 76.0 cm³/mol. The van der Waals surface area contributed by atoms with Gasteiger partial charge in [0.2, 0.25) is 16.9 Å². The first-order chi connectivity index (χ1) is 10.3. The van der Waals surface area contributed by atoms with E-state index in [0.717, 1.165) is 5.56 Å². The van der Waals surface area contributed by atoms with Gasteiger partial charge in [-0.05, 0) is 12.1 Å². The molecule has 2 heterocycles. The second-order valence-corrected chi connectivity index (χ2v) is 4.96. The quantitative estimate of drug-likeness (QED) is 0.556. The molecule has 108 valence electrons. The highest BCUT2D eigenvalue weighted by Gasteiger charge is 2.13. The Labute approximate surface area is 124 Å². The van der Waals surface area contributed by atoms with Crippen LogP contribution in [0.15, 0.2) is 40.3 Å². The van der Waals surface area contributed by atoms with E-state index in [2.05, 4.69) is 20.3 Å². The lowest BCUT2D eigenvalue weighted by Crippen LogP contribution is -2.07. The Hall–Kier alpha value is -2.55. The van der Waals surface area contributed by atoms with Crippen molar-refractivity contribution in [3.8, 4) is 17.1 Å². The van der Waals surface area contributed by atoms with Crippen LogP contribution in [0.2, 0.25) is 0 Å². The van der Waals surface area contributed by atoms with Gasteiger partial charge < -0.3 is 15.1 Å². The van der Waals surface area contributed by atoms with Crippen molar-refractivity contribution in [3.05, 3.63) is 36.5 Å². The van der Waals surface area contributed by atoms with Crippen molar-refractivity contribution in [3.63, 3.8) is 0 Å². The highest BCUT2D eigenvalue weighted by Crippen LogP contribution is 2.28. The first kappa shape index (κ1) is 13.4. The molecular weight excluding hydrogens is 292 g/mol. The SMILES string of the molecule is COc1ccccc1-c1noc(CSc2nncn2N)n1. The molecule has 0 bridgehead atoms. The minimum absolute atomic E-state index is 0.456. The van der Waals surface area contributed by atoms with Gasteiger partial charge in [0.1, 0.15) is 12.1 Å². The van der Waals surface area contributed by atoms with Crippen molar-refractivity contribution in [1.29, 1.82) is 0 Å². The molecule has 1 aromatic carbocycles. The lowest BCUT2D eigenvalue weighted by atomic mass is 10.2. The summed E-state index contributed by atoms with van der Waals surface area (Å²) in [6.45, 7) is 0. The molecule has 0 saturated carbocycles. The van der Waals surface area contributed by atoms with Crippen LogP contribution in [0.25, 0.3) is 11.4 Å². The number of nitrogens with two attached hydrogens (primary N) is 1. The zero-order chi connectivity index (χ0) is 14.7. The Kier molecular flexibility index (Phi) is 3.73. The minimum Gasteiger partial charge on any atom is -0.496 e. The van der Waals surface area contributed by atoms with Gasteiger partial charge in [0.05, 0.1) is 18.4 Å². The van der Waals surface area contributed by atoms with Gasteiger partial charge >= 0.3 is 0 Å². The molecule has 0 radical (unpaired) electrons. The number of nitrogens with zero attached hydrogens (tertiary/aromatic N) is 5. The Morgan fingerprint density at radius 1 is 1.38 bits per heavy atom. The van der Waals surface area contributed by atoms with Crippen LogP contribution in [0, 0.1) is 0 Å². The molecule has 3 rings (SSSR count). The van der Waals surface area contributed by atoms with Crippen molar-refractivity contribution in [2.75, 3.05) is 13.0 Å². The monoisotopic (exact) mass is 304 g/mol. The van der Waals surface area contributed by atoms with E-state index in [9.17, 15) is 0 Å². The van der Waals surface area contributed by atoms with E-state index in [1.807, 2.05) is 24.3 Å². The molecule has 0 aliphatic heterocycles. The van der Waals surface area contributed by atoms with Crippen LogP contribution < -0.4 is 10.6 Å². The van der Waals surface area contributed by atoms with E-state index >= 15 is 0 Å². The molecule has 2 N–H and O–H groups in total. The molecule has 0 saturated heterocycles. The summed E-state index contributed by atoms with van der Waals surface area (Å²) in [6, 6.07) is 7.49. The largest absolute Gasteiger partial charge is 0.496 e. The third-order valence-electron chi connectivity index (χ3n) is 2.68. The molecule has 0 spiro atoms. The average Bonchev–Trinajstić information content (AvgIpc) is 3.14. The molecule has 0 atom stereocenters. The molecule has 0 aliphatic rings. The molecular formula is C12H12N6O2S. The molecule has 9 heteroatoms. The number of hydrogen-bond donors (Lipinski definition) is 1. The summed E-state index contributed by atoms with van der Waals surface area (Å²) in [5.41, 5.74) is 0.780. The molecule has 0 amide bonds. The van der Waals surface area contributed by atoms with Crippen LogP contribution in [-0.4, -0.2) is 32.1 Å². The highest BCUT2D eigenvalue weighted by molar-refractivity contribution is 7.98. The summed E-state index contributed by atoms with van der Waals surface area (Å²) in [6.07, 6.45) is 1.43. The zero-order valence-electron chi connectivity index (χ0n) is 11.1. The van der Waals surface area contributed by atoms with Gasteiger partial charge in [-0.3, -0.25) is 0 Å². The first-order valence-corrected chi connectivity index (χ1v) is 7.00. The molecule has 21 heavy (non-hydrogen) atoms.